The molecular weight excluding hydrogens is 593 g/mol. The average molecular weight is 621 g/mol. The third-order valence-corrected chi connectivity index (χ3v) is 10.6. The molecule has 226 valence electrons. The molecule has 1 heteroatoms. The second-order valence-corrected chi connectivity index (χ2v) is 13.2. The van der Waals surface area contributed by atoms with Crippen LogP contribution in [0.1, 0.15) is 0 Å². The van der Waals surface area contributed by atoms with Crippen molar-refractivity contribution in [2.75, 3.05) is 0 Å². The summed E-state index contributed by atoms with van der Waals surface area (Å²) < 4.78 is 6.66. The SMILES string of the molecule is c1ccc2c(c1)ccc1c3ccc(-c4c5ccccc5c(-c5cc6ccc7ccccc7c6c6ccccc56)c5ccccc45)cc3oc21. The third-order valence-electron chi connectivity index (χ3n) is 10.6. The molecule has 0 radical (unpaired) electrons. The smallest absolute Gasteiger partial charge is 0.143 e. The van der Waals surface area contributed by atoms with E-state index in [2.05, 4.69) is 170 Å². The summed E-state index contributed by atoms with van der Waals surface area (Å²) in [6, 6.07) is 62.1. The molecule has 0 aliphatic heterocycles. The minimum Gasteiger partial charge on any atom is -0.455 e. The predicted molar refractivity (Wildman–Crippen MR) is 210 cm³/mol. The molecule has 10 aromatic carbocycles. The van der Waals surface area contributed by atoms with Crippen LogP contribution in [-0.2, 0) is 0 Å². The Labute approximate surface area is 282 Å². The molecule has 0 fully saturated rings. The van der Waals surface area contributed by atoms with Crippen molar-refractivity contribution in [2.45, 2.75) is 0 Å². The summed E-state index contributed by atoms with van der Waals surface area (Å²) in [7, 11) is 0. The molecular formula is C48H28O. The molecule has 11 aromatic rings. The number of hydrogen-bond donors (Lipinski definition) is 0. The van der Waals surface area contributed by atoms with E-state index in [4.69, 9.17) is 4.42 Å². The maximum absolute atomic E-state index is 6.66. The Bertz CT molecular complexity index is 3100. The Morgan fingerprint density at radius 1 is 0.306 bits per heavy atom. The van der Waals surface area contributed by atoms with Crippen molar-refractivity contribution >= 4 is 86.6 Å². The van der Waals surface area contributed by atoms with Crippen molar-refractivity contribution in [3.8, 4) is 22.3 Å². The van der Waals surface area contributed by atoms with Crippen molar-refractivity contribution in [3.63, 3.8) is 0 Å². The zero-order valence-corrected chi connectivity index (χ0v) is 26.6. The second kappa shape index (κ2) is 10.0. The number of rotatable bonds is 2. The fourth-order valence-electron chi connectivity index (χ4n) is 8.47. The molecule has 0 atom stereocenters. The highest BCUT2D eigenvalue weighted by Gasteiger charge is 2.20. The molecule has 1 aromatic heterocycles. The van der Waals surface area contributed by atoms with Gasteiger partial charge in [0.1, 0.15) is 11.2 Å². The van der Waals surface area contributed by atoms with Crippen LogP contribution in [0.2, 0.25) is 0 Å². The van der Waals surface area contributed by atoms with Gasteiger partial charge in [-0.05, 0) is 106 Å². The Balaban J connectivity index is 1.23. The van der Waals surface area contributed by atoms with Crippen molar-refractivity contribution in [1.29, 1.82) is 0 Å². The van der Waals surface area contributed by atoms with Gasteiger partial charge in [-0.1, -0.05) is 146 Å². The van der Waals surface area contributed by atoms with Gasteiger partial charge < -0.3 is 4.42 Å². The van der Waals surface area contributed by atoms with Crippen molar-refractivity contribution < 1.29 is 4.42 Å². The highest BCUT2D eigenvalue weighted by atomic mass is 16.3. The van der Waals surface area contributed by atoms with Crippen LogP contribution in [0.25, 0.3) is 109 Å². The Morgan fingerprint density at radius 3 is 1.53 bits per heavy atom. The lowest BCUT2D eigenvalue weighted by atomic mass is 9.83. The van der Waals surface area contributed by atoms with E-state index in [-0.39, 0.29) is 0 Å². The molecule has 0 aliphatic carbocycles. The van der Waals surface area contributed by atoms with Crippen LogP contribution >= 0.6 is 0 Å². The van der Waals surface area contributed by atoms with Gasteiger partial charge in [0.25, 0.3) is 0 Å². The largest absolute Gasteiger partial charge is 0.455 e. The van der Waals surface area contributed by atoms with E-state index >= 15 is 0 Å². The quantitative estimate of drug-likeness (QED) is 0.138. The monoisotopic (exact) mass is 620 g/mol. The van der Waals surface area contributed by atoms with Crippen molar-refractivity contribution in [3.05, 3.63) is 170 Å². The maximum Gasteiger partial charge on any atom is 0.143 e. The van der Waals surface area contributed by atoms with Gasteiger partial charge >= 0.3 is 0 Å². The van der Waals surface area contributed by atoms with Gasteiger partial charge in [-0.2, -0.15) is 0 Å². The first kappa shape index (κ1) is 26.6. The molecule has 0 unspecified atom stereocenters. The van der Waals surface area contributed by atoms with Crippen LogP contribution in [0.3, 0.4) is 0 Å². The summed E-state index contributed by atoms with van der Waals surface area (Å²) in [6.07, 6.45) is 0. The normalized spacial score (nSPS) is 12.1. The third kappa shape index (κ3) is 3.76. The molecule has 0 bridgehead atoms. The van der Waals surface area contributed by atoms with E-state index in [9.17, 15) is 0 Å². The van der Waals surface area contributed by atoms with Gasteiger partial charge in [0.05, 0.1) is 0 Å². The number of furan rings is 1. The summed E-state index contributed by atoms with van der Waals surface area (Å²) in [5, 5.41) is 17.3. The minimum atomic E-state index is 0.911. The minimum absolute atomic E-state index is 0.911. The van der Waals surface area contributed by atoms with Gasteiger partial charge in [-0.15, -0.1) is 0 Å². The predicted octanol–water partition coefficient (Wildman–Crippen LogP) is 13.8. The second-order valence-electron chi connectivity index (χ2n) is 13.2. The lowest BCUT2D eigenvalue weighted by Gasteiger charge is -2.20. The number of fused-ring (bicyclic) bond motifs is 12. The lowest BCUT2D eigenvalue weighted by Crippen LogP contribution is -1.92. The van der Waals surface area contributed by atoms with Crippen LogP contribution in [0.5, 0.6) is 0 Å². The summed E-state index contributed by atoms with van der Waals surface area (Å²) in [5.41, 5.74) is 6.79. The fourth-order valence-corrected chi connectivity index (χ4v) is 8.47. The molecule has 1 nitrogen and oxygen atoms in total. The molecule has 0 saturated heterocycles. The first-order chi connectivity index (χ1) is 24.3. The highest BCUT2D eigenvalue weighted by molar-refractivity contribution is 6.28. The van der Waals surface area contributed by atoms with Gasteiger partial charge in [-0.3, -0.25) is 0 Å². The first-order valence-corrected chi connectivity index (χ1v) is 16.9. The lowest BCUT2D eigenvalue weighted by molar-refractivity contribution is 0.673. The van der Waals surface area contributed by atoms with E-state index < -0.39 is 0 Å². The topological polar surface area (TPSA) is 13.1 Å². The van der Waals surface area contributed by atoms with Gasteiger partial charge in [-0.25, -0.2) is 0 Å². The van der Waals surface area contributed by atoms with E-state index in [1.54, 1.807) is 0 Å². The average Bonchev–Trinajstić information content (AvgIpc) is 3.55. The Morgan fingerprint density at radius 2 is 0.816 bits per heavy atom. The van der Waals surface area contributed by atoms with E-state index in [0.717, 1.165) is 32.9 Å². The van der Waals surface area contributed by atoms with Crippen LogP contribution < -0.4 is 0 Å². The van der Waals surface area contributed by atoms with Gasteiger partial charge in [0.15, 0.2) is 0 Å². The molecule has 49 heavy (non-hydrogen) atoms. The van der Waals surface area contributed by atoms with Crippen molar-refractivity contribution in [2.24, 2.45) is 0 Å². The summed E-state index contributed by atoms with van der Waals surface area (Å²) in [5.74, 6) is 0. The van der Waals surface area contributed by atoms with Crippen LogP contribution in [-0.4, -0.2) is 0 Å². The Hall–Kier alpha value is -6.44. The molecule has 0 N–H and O–H groups in total. The van der Waals surface area contributed by atoms with E-state index in [1.165, 1.54) is 75.9 Å². The summed E-state index contributed by atoms with van der Waals surface area (Å²) in [4.78, 5) is 0. The molecule has 11 rings (SSSR count). The standard InChI is InChI=1S/C48H28O/c1-3-13-33-29(11-1)21-22-31-27-43(35-15-5-6-16-37(35)45(31)33)47-40-19-9-7-17-38(40)46(39-18-8-10-20-41(39)47)32-24-25-36-42-26-23-30-12-2-4-14-34(30)48(42)49-44(36)28-32/h1-28H. The van der Waals surface area contributed by atoms with Gasteiger partial charge in [0.2, 0.25) is 0 Å². The molecule has 1 heterocycles. The van der Waals surface area contributed by atoms with Crippen molar-refractivity contribution in [1.82, 2.24) is 0 Å². The van der Waals surface area contributed by atoms with Crippen LogP contribution in [0.15, 0.2) is 174 Å². The summed E-state index contributed by atoms with van der Waals surface area (Å²) >= 11 is 0. The molecule has 0 spiro atoms. The molecule has 0 amide bonds. The zero-order valence-electron chi connectivity index (χ0n) is 26.6. The number of hydrogen-bond acceptors (Lipinski definition) is 1. The van der Waals surface area contributed by atoms with Crippen LogP contribution in [0.4, 0.5) is 0 Å². The molecule has 0 saturated carbocycles. The number of benzene rings is 10. The Kier molecular flexibility index (Phi) is 5.45. The summed E-state index contributed by atoms with van der Waals surface area (Å²) in [6.45, 7) is 0. The maximum atomic E-state index is 6.66. The highest BCUT2D eigenvalue weighted by Crippen LogP contribution is 2.48. The molecule has 0 aliphatic rings. The zero-order chi connectivity index (χ0) is 32.1. The fraction of sp³-hybridized carbons (Fsp3) is 0. The first-order valence-electron chi connectivity index (χ1n) is 16.9. The van der Waals surface area contributed by atoms with Gasteiger partial charge in [0, 0.05) is 16.2 Å². The van der Waals surface area contributed by atoms with Crippen LogP contribution in [0, 0.1) is 0 Å². The van der Waals surface area contributed by atoms with E-state index in [0.29, 0.717) is 0 Å². The van der Waals surface area contributed by atoms with E-state index in [1.807, 2.05) is 0 Å².